The van der Waals surface area contributed by atoms with Gasteiger partial charge in [-0.1, -0.05) is 6.92 Å². The van der Waals surface area contributed by atoms with Gasteiger partial charge in [-0.25, -0.2) is 9.97 Å². The molecule has 2 aromatic rings. The molecule has 1 saturated heterocycles. The number of rotatable bonds is 3. The van der Waals surface area contributed by atoms with Crippen molar-refractivity contribution in [1.29, 1.82) is 0 Å². The van der Waals surface area contributed by atoms with E-state index in [9.17, 15) is 0 Å². The fraction of sp³-hybridized carbons (Fsp3) is 0.545. The van der Waals surface area contributed by atoms with Crippen molar-refractivity contribution in [2.24, 2.45) is 0 Å². The molecule has 1 aromatic heterocycles. The topological polar surface area (TPSA) is 50.3 Å². The number of benzene rings is 1. The summed E-state index contributed by atoms with van der Waals surface area (Å²) in [5.41, 5.74) is 5.54. The van der Waals surface area contributed by atoms with Crippen LogP contribution in [0, 0.1) is 0 Å². The van der Waals surface area contributed by atoms with Gasteiger partial charge >= 0.3 is 0 Å². The van der Waals surface area contributed by atoms with Crippen LogP contribution in [0.4, 0.5) is 11.5 Å². The largest absolute Gasteiger partial charge is 0.494 e. The van der Waals surface area contributed by atoms with Gasteiger partial charge in [0.05, 0.1) is 6.61 Å². The van der Waals surface area contributed by atoms with E-state index in [0.29, 0.717) is 12.5 Å². The van der Waals surface area contributed by atoms with Gasteiger partial charge in [-0.2, -0.15) is 0 Å². The van der Waals surface area contributed by atoms with Gasteiger partial charge in [-0.15, -0.1) is 0 Å². The van der Waals surface area contributed by atoms with E-state index in [2.05, 4.69) is 40.3 Å². The summed E-state index contributed by atoms with van der Waals surface area (Å²) in [5, 5.41) is 3.53. The Kier molecular flexibility index (Phi) is 4.08. The maximum Gasteiger partial charge on any atom is 0.140 e. The average molecular weight is 364 g/mol. The van der Waals surface area contributed by atoms with Crippen LogP contribution in [0.1, 0.15) is 55.8 Å². The molecular weight excluding hydrogens is 336 g/mol. The third-order valence-electron chi connectivity index (χ3n) is 6.67. The fourth-order valence-electron chi connectivity index (χ4n) is 5.26. The number of nitrogens with one attached hydrogen (secondary N) is 1. The minimum atomic E-state index is 0.188. The number of hydrogen-bond acceptors (Lipinski definition) is 5. The number of hydrogen-bond donors (Lipinski definition) is 1. The van der Waals surface area contributed by atoms with Gasteiger partial charge < -0.3 is 15.0 Å². The zero-order chi connectivity index (χ0) is 18.4. The normalized spacial score (nSPS) is 22.7. The zero-order valence-corrected chi connectivity index (χ0v) is 16.3. The number of aromatic nitrogens is 2. The molecule has 1 atom stereocenters. The molecule has 142 valence electrons. The number of anilines is 2. The Labute approximate surface area is 161 Å². The molecule has 1 N–H and O–H groups in total. The van der Waals surface area contributed by atoms with Crippen molar-refractivity contribution in [3.63, 3.8) is 0 Å². The van der Waals surface area contributed by atoms with Crippen LogP contribution in [0.5, 0.6) is 5.75 Å². The van der Waals surface area contributed by atoms with Gasteiger partial charge in [-0.3, -0.25) is 0 Å². The van der Waals surface area contributed by atoms with E-state index >= 15 is 0 Å². The Morgan fingerprint density at radius 2 is 2.11 bits per heavy atom. The number of ether oxygens (including phenoxy) is 1. The van der Waals surface area contributed by atoms with E-state index in [0.717, 1.165) is 50.5 Å². The van der Waals surface area contributed by atoms with E-state index in [1.54, 1.807) is 6.33 Å². The minimum absolute atomic E-state index is 0.188. The Morgan fingerprint density at radius 1 is 1.26 bits per heavy atom. The molecule has 0 saturated carbocycles. The highest BCUT2D eigenvalue weighted by Gasteiger charge is 2.45. The van der Waals surface area contributed by atoms with Crippen molar-refractivity contribution < 1.29 is 4.74 Å². The molecule has 0 amide bonds. The Hall–Kier alpha value is -2.14. The molecule has 5 rings (SSSR count). The van der Waals surface area contributed by atoms with Gasteiger partial charge in [0.25, 0.3) is 0 Å². The van der Waals surface area contributed by atoms with E-state index in [4.69, 9.17) is 9.72 Å². The van der Waals surface area contributed by atoms with Crippen molar-refractivity contribution in [2.45, 2.75) is 50.9 Å². The predicted octanol–water partition coefficient (Wildman–Crippen LogP) is 3.70. The lowest BCUT2D eigenvalue weighted by Crippen LogP contribution is -2.42. The van der Waals surface area contributed by atoms with Crippen molar-refractivity contribution in [1.82, 2.24) is 15.3 Å². The molecule has 5 heteroatoms. The van der Waals surface area contributed by atoms with Crippen LogP contribution in [0.15, 0.2) is 24.5 Å². The highest BCUT2D eigenvalue weighted by Crippen LogP contribution is 2.51. The number of aryl methyl sites for hydroxylation is 1. The molecule has 1 spiro atoms. The molecule has 5 nitrogen and oxygen atoms in total. The van der Waals surface area contributed by atoms with Gasteiger partial charge in [0, 0.05) is 28.9 Å². The minimum Gasteiger partial charge on any atom is -0.494 e. The van der Waals surface area contributed by atoms with E-state index in [-0.39, 0.29) is 5.41 Å². The molecule has 3 heterocycles. The molecule has 0 unspecified atom stereocenters. The smallest absolute Gasteiger partial charge is 0.140 e. The number of nitrogens with zero attached hydrogens (tertiary/aromatic N) is 3. The van der Waals surface area contributed by atoms with Crippen LogP contribution in [0.3, 0.4) is 0 Å². The molecule has 1 fully saturated rings. The number of fused-ring (bicyclic) bond motifs is 3. The van der Waals surface area contributed by atoms with Gasteiger partial charge in [-0.05, 0) is 75.4 Å². The SMILES string of the molecule is CCOc1ccc2c(c1)C1(CCNCC1)CN2c1ncnc2c1[C@H](C)CC2. The summed E-state index contributed by atoms with van der Waals surface area (Å²) in [6, 6.07) is 6.64. The molecule has 1 aromatic carbocycles. The van der Waals surface area contributed by atoms with E-state index in [1.807, 2.05) is 6.92 Å². The van der Waals surface area contributed by atoms with Crippen LogP contribution < -0.4 is 15.0 Å². The lowest BCUT2D eigenvalue weighted by atomic mass is 9.75. The van der Waals surface area contributed by atoms with Crippen molar-refractivity contribution >= 4 is 11.5 Å². The Morgan fingerprint density at radius 3 is 2.93 bits per heavy atom. The van der Waals surface area contributed by atoms with Crippen molar-refractivity contribution in [3.8, 4) is 5.75 Å². The second-order valence-corrected chi connectivity index (χ2v) is 8.23. The maximum atomic E-state index is 5.84. The quantitative estimate of drug-likeness (QED) is 0.900. The molecule has 1 aliphatic carbocycles. The summed E-state index contributed by atoms with van der Waals surface area (Å²) in [4.78, 5) is 11.8. The molecule has 0 bridgehead atoms. The van der Waals surface area contributed by atoms with E-state index in [1.165, 1.54) is 28.9 Å². The van der Waals surface area contributed by atoms with Crippen LogP contribution in [0.2, 0.25) is 0 Å². The molecule has 27 heavy (non-hydrogen) atoms. The lowest BCUT2D eigenvalue weighted by Gasteiger charge is -2.35. The first-order valence-electron chi connectivity index (χ1n) is 10.3. The average Bonchev–Trinajstić information content (AvgIpc) is 3.22. The molecule has 3 aliphatic rings. The third-order valence-corrected chi connectivity index (χ3v) is 6.67. The second kappa shape index (κ2) is 6.48. The first-order chi connectivity index (χ1) is 13.2. The molecular formula is C22H28N4O. The summed E-state index contributed by atoms with van der Waals surface area (Å²) in [7, 11) is 0. The highest BCUT2D eigenvalue weighted by atomic mass is 16.5. The number of piperidine rings is 1. The van der Waals surface area contributed by atoms with Crippen LogP contribution in [0.25, 0.3) is 0 Å². The van der Waals surface area contributed by atoms with Crippen LogP contribution in [-0.2, 0) is 11.8 Å². The summed E-state index contributed by atoms with van der Waals surface area (Å²) >= 11 is 0. The van der Waals surface area contributed by atoms with Gasteiger partial charge in [0.1, 0.15) is 17.9 Å². The first-order valence-corrected chi connectivity index (χ1v) is 10.3. The summed E-state index contributed by atoms with van der Waals surface area (Å²) < 4.78 is 5.84. The summed E-state index contributed by atoms with van der Waals surface area (Å²) in [5.74, 6) is 2.65. The van der Waals surface area contributed by atoms with Gasteiger partial charge in [0.15, 0.2) is 0 Å². The second-order valence-electron chi connectivity index (χ2n) is 8.23. The Bertz CT molecular complexity index is 859. The van der Waals surface area contributed by atoms with Crippen molar-refractivity contribution in [3.05, 3.63) is 41.3 Å². The van der Waals surface area contributed by atoms with Gasteiger partial charge in [0.2, 0.25) is 0 Å². The van der Waals surface area contributed by atoms with E-state index < -0.39 is 0 Å². The monoisotopic (exact) mass is 364 g/mol. The molecule has 0 radical (unpaired) electrons. The maximum absolute atomic E-state index is 5.84. The zero-order valence-electron chi connectivity index (χ0n) is 16.3. The highest BCUT2D eigenvalue weighted by molar-refractivity contribution is 5.74. The lowest BCUT2D eigenvalue weighted by molar-refractivity contribution is 0.322. The van der Waals surface area contributed by atoms with Crippen LogP contribution >= 0.6 is 0 Å². The fourth-order valence-corrected chi connectivity index (χ4v) is 5.26. The standard InChI is InChI=1S/C22H28N4O/c1-3-27-16-5-7-19-17(12-16)22(8-10-23-11-9-22)13-26(19)21-20-15(2)4-6-18(20)24-14-25-21/h5,7,12,14-15,23H,3-4,6,8-11,13H2,1-2H3/t15-/m1/s1. The first kappa shape index (κ1) is 17.0. The van der Waals surface area contributed by atoms with Crippen LogP contribution in [-0.4, -0.2) is 36.2 Å². The third kappa shape index (κ3) is 2.63. The summed E-state index contributed by atoms with van der Waals surface area (Å²) in [6.45, 7) is 8.22. The Balaban J connectivity index is 1.64. The van der Waals surface area contributed by atoms with Crippen molar-refractivity contribution in [2.75, 3.05) is 31.1 Å². The predicted molar refractivity (Wildman–Crippen MR) is 107 cm³/mol. The molecule has 2 aliphatic heterocycles. The summed E-state index contributed by atoms with van der Waals surface area (Å²) in [6.07, 6.45) is 6.34.